The molecule has 1 aliphatic carbocycles. The molecule has 160 valence electrons. The maximum Gasteiger partial charge on any atom is 0.414 e. The second kappa shape index (κ2) is 9.43. The average molecular weight is 429 g/mol. The molecule has 0 bridgehead atoms. The lowest BCUT2D eigenvalue weighted by atomic mass is 9.95. The molecule has 1 aromatic heterocycles. The van der Waals surface area contributed by atoms with Crippen LogP contribution in [0.2, 0.25) is 0 Å². The molecule has 6 nitrogen and oxygen atoms in total. The highest BCUT2D eigenvalue weighted by molar-refractivity contribution is 7.17. The van der Waals surface area contributed by atoms with Gasteiger partial charge in [0.1, 0.15) is 5.00 Å². The molecule has 0 unspecified atom stereocenters. The number of thiophene rings is 1. The zero-order valence-electron chi connectivity index (χ0n) is 17.9. The van der Waals surface area contributed by atoms with Gasteiger partial charge < -0.3 is 10.1 Å². The van der Waals surface area contributed by atoms with Crippen LogP contribution in [0.4, 0.5) is 9.80 Å². The van der Waals surface area contributed by atoms with Crippen molar-refractivity contribution in [3.63, 3.8) is 0 Å². The number of imide groups is 1. The summed E-state index contributed by atoms with van der Waals surface area (Å²) < 4.78 is 4.84. The Labute approximate surface area is 181 Å². The van der Waals surface area contributed by atoms with Gasteiger partial charge in [0.25, 0.3) is 5.91 Å². The number of hydrogen-bond donors (Lipinski definition) is 2. The van der Waals surface area contributed by atoms with Crippen LogP contribution in [-0.2, 0) is 28.8 Å². The molecule has 0 aliphatic heterocycles. The lowest BCUT2D eigenvalue weighted by molar-refractivity contribution is -0.115. The van der Waals surface area contributed by atoms with Crippen LogP contribution in [0.15, 0.2) is 12.1 Å². The molecule has 7 heteroatoms. The van der Waals surface area contributed by atoms with E-state index in [1.54, 1.807) is 6.92 Å². The highest BCUT2D eigenvalue weighted by Crippen LogP contribution is 2.38. The number of carbonyl (C=O) groups excluding carboxylic acids is 3. The molecule has 30 heavy (non-hydrogen) atoms. The topological polar surface area (TPSA) is 84.5 Å². The first-order valence-corrected chi connectivity index (χ1v) is 11.1. The van der Waals surface area contributed by atoms with Crippen molar-refractivity contribution in [2.75, 3.05) is 11.9 Å². The molecule has 0 radical (unpaired) electrons. The smallest absolute Gasteiger partial charge is 0.414 e. The molecule has 0 saturated carbocycles. The second-order valence-corrected chi connectivity index (χ2v) is 8.80. The van der Waals surface area contributed by atoms with Gasteiger partial charge in [-0.15, -0.1) is 11.3 Å². The summed E-state index contributed by atoms with van der Waals surface area (Å²) >= 11 is 1.44. The zero-order valence-corrected chi connectivity index (χ0v) is 18.8. The first-order chi connectivity index (χ1) is 14.3. The van der Waals surface area contributed by atoms with Gasteiger partial charge in [0.05, 0.1) is 18.6 Å². The fraction of sp³-hybridized carbons (Fsp3) is 0.435. The molecule has 1 aliphatic rings. The molecule has 0 spiro atoms. The largest absolute Gasteiger partial charge is 0.450 e. The van der Waals surface area contributed by atoms with E-state index in [-0.39, 0.29) is 18.9 Å². The minimum absolute atomic E-state index is 0.172. The number of benzene rings is 1. The number of fused-ring (bicyclic) bond motifs is 1. The molecule has 1 heterocycles. The van der Waals surface area contributed by atoms with Gasteiger partial charge in [-0.05, 0) is 75.6 Å². The number of ether oxygens (including phenoxy) is 1. The Hall–Kier alpha value is -2.67. The number of carbonyl (C=O) groups is 3. The molecule has 1 aromatic carbocycles. The van der Waals surface area contributed by atoms with Crippen molar-refractivity contribution in [1.82, 2.24) is 5.32 Å². The molecular formula is C23H28N2O4S. The molecule has 3 rings (SSSR count). The molecule has 0 saturated heterocycles. The van der Waals surface area contributed by atoms with E-state index in [9.17, 15) is 14.4 Å². The predicted octanol–water partition coefficient (Wildman–Crippen LogP) is 4.62. The quantitative estimate of drug-likeness (QED) is 0.728. The summed E-state index contributed by atoms with van der Waals surface area (Å²) in [6.07, 6.45) is 3.15. The van der Waals surface area contributed by atoms with Crippen LogP contribution < -0.4 is 10.6 Å². The molecule has 0 fully saturated rings. The molecular weight excluding hydrogens is 400 g/mol. The summed E-state index contributed by atoms with van der Waals surface area (Å²) in [6.45, 7) is 7.90. The van der Waals surface area contributed by atoms with Crippen molar-refractivity contribution in [2.45, 2.75) is 59.8 Å². The van der Waals surface area contributed by atoms with Crippen LogP contribution >= 0.6 is 11.3 Å². The zero-order chi connectivity index (χ0) is 21.8. The van der Waals surface area contributed by atoms with Crippen molar-refractivity contribution in [3.8, 4) is 0 Å². The summed E-state index contributed by atoms with van der Waals surface area (Å²) in [4.78, 5) is 38.5. The van der Waals surface area contributed by atoms with E-state index in [1.807, 2.05) is 20.8 Å². The number of aryl methyl sites for hydroxylation is 4. The molecule has 0 atom stereocenters. The van der Waals surface area contributed by atoms with Crippen molar-refractivity contribution >= 4 is 34.2 Å². The average Bonchev–Trinajstić information content (AvgIpc) is 3.02. The van der Waals surface area contributed by atoms with Gasteiger partial charge in [0.2, 0.25) is 5.91 Å². The number of anilines is 1. The SMILES string of the molecule is CCOC(=O)NC(=O)c1c(NC(=O)Cc2c(C)cc(C)cc2C)sc2c1CCCC2. The van der Waals surface area contributed by atoms with Crippen molar-refractivity contribution in [3.05, 3.63) is 50.4 Å². The van der Waals surface area contributed by atoms with Crippen LogP contribution in [0, 0.1) is 20.8 Å². The number of nitrogens with one attached hydrogen (secondary N) is 2. The van der Waals surface area contributed by atoms with E-state index >= 15 is 0 Å². The number of rotatable bonds is 5. The van der Waals surface area contributed by atoms with Crippen LogP contribution in [-0.4, -0.2) is 24.5 Å². The highest BCUT2D eigenvalue weighted by Gasteiger charge is 2.27. The summed E-state index contributed by atoms with van der Waals surface area (Å²) in [5, 5.41) is 5.72. The minimum Gasteiger partial charge on any atom is -0.450 e. The predicted molar refractivity (Wildman–Crippen MR) is 118 cm³/mol. The van der Waals surface area contributed by atoms with Gasteiger partial charge >= 0.3 is 6.09 Å². The molecule has 2 aromatic rings. The van der Waals surface area contributed by atoms with Gasteiger partial charge in [-0.1, -0.05) is 17.7 Å². The Morgan fingerprint density at radius 1 is 1.07 bits per heavy atom. The summed E-state index contributed by atoms with van der Waals surface area (Å²) in [5.41, 5.74) is 5.65. The van der Waals surface area contributed by atoms with Crippen LogP contribution in [0.25, 0.3) is 0 Å². The molecule has 3 amide bonds. The first kappa shape index (κ1) is 22.0. The monoisotopic (exact) mass is 428 g/mol. The van der Waals surface area contributed by atoms with Crippen molar-refractivity contribution < 1.29 is 19.1 Å². The Kier molecular flexibility index (Phi) is 6.92. The Bertz CT molecular complexity index is 970. The fourth-order valence-electron chi connectivity index (χ4n) is 4.04. The highest BCUT2D eigenvalue weighted by atomic mass is 32.1. The van der Waals surface area contributed by atoms with E-state index in [2.05, 4.69) is 22.8 Å². The van der Waals surface area contributed by atoms with E-state index in [4.69, 9.17) is 4.74 Å². The normalized spacial score (nSPS) is 12.8. The van der Waals surface area contributed by atoms with E-state index in [0.717, 1.165) is 58.4 Å². The minimum atomic E-state index is -0.776. The number of hydrogen-bond acceptors (Lipinski definition) is 5. The van der Waals surface area contributed by atoms with Crippen molar-refractivity contribution in [2.24, 2.45) is 0 Å². The Balaban J connectivity index is 1.85. The summed E-state index contributed by atoms with van der Waals surface area (Å²) in [6, 6.07) is 4.13. The Morgan fingerprint density at radius 2 is 1.73 bits per heavy atom. The van der Waals surface area contributed by atoms with Crippen molar-refractivity contribution in [1.29, 1.82) is 0 Å². The summed E-state index contributed by atoms with van der Waals surface area (Å²) in [7, 11) is 0. The second-order valence-electron chi connectivity index (χ2n) is 7.69. The summed E-state index contributed by atoms with van der Waals surface area (Å²) in [5.74, 6) is -0.695. The van der Waals surface area contributed by atoms with Gasteiger partial charge in [-0.25, -0.2) is 4.79 Å². The third-order valence-electron chi connectivity index (χ3n) is 5.32. The number of alkyl carbamates (subject to hydrolysis) is 1. The van der Waals surface area contributed by atoms with Crippen LogP contribution in [0.1, 0.15) is 62.8 Å². The third kappa shape index (κ3) is 4.90. The third-order valence-corrected chi connectivity index (χ3v) is 6.53. The van der Waals surface area contributed by atoms with E-state index < -0.39 is 12.0 Å². The van der Waals surface area contributed by atoms with Gasteiger partial charge in [-0.2, -0.15) is 0 Å². The van der Waals surface area contributed by atoms with Crippen LogP contribution in [0.5, 0.6) is 0 Å². The van der Waals surface area contributed by atoms with E-state index in [1.165, 1.54) is 11.3 Å². The van der Waals surface area contributed by atoms with Gasteiger partial charge in [0.15, 0.2) is 0 Å². The standard InChI is InChI=1S/C23H28N2O4S/c1-5-29-23(28)25-21(27)20-16-8-6-7-9-18(16)30-22(20)24-19(26)12-17-14(3)10-13(2)11-15(17)4/h10-11H,5-9,12H2,1-4H3,(H,24,26)(H,25,27,28). The maximum atomic E-state index is 12.9. The fourth-order valence-corrected chi connectivity index (χ4v) is 5.34. The lowest BCUT2D eigenvalue weighted by Gasteiger charge is -2.13. The Morgan fingerprint density at radius 3 is 2.40 bits per heavy atom. The number of amides is 3. The van der Waals surface area contributed by atoms with E-state index in [0.29, 0.717) is 10.6 Å². The lowest BCUT2D eigenvalue weighted by Crippen LogP contribution is -2.32. The van der Waals surface area contributed by atoms with Gasteiger partial charge in [0, 0.05) is 4.88 Å². The maximum absolute atomic E-state index is 12.9. The first-order valence-electron chi connectivity index (χ1n) is 10.3. The van der Waals surface area contributed by atoms with Gasteiger partial charge in [-0.3, -0.25) is 14.9 Å². The van der Waals surface area contributed by atoms with Crippen LogP contribution in [0.3, 0.4) is 0 Å². The molecule has 2 N–H and O–H groups in total.